The molecule has 0 unspecified atom stereocenters. The molecule has 0 N–H and O–H groups in total. The fourth-order valence-corrected chi connectivity index (χ4v) is 2.13. The summed E-state index contributed by atoms with van der Waals surface area (Å²) in [5.41, 5.74) is 6.66. The molecule has 0 spiro atoms. The van der Waals surface area contributed by atoms with Gasteiger partial charge in [-0.1, -0.05) is 54.1 Å². The Hall–Kier alpha value is -2.48. The van der Waals surface area contributed by atoms with Crippen LogP contribution in [0.4, 0.5) is 0 Å². The summed E-state index contributed by atoms with van der Waals surface area (Å²) in [5, 5.41) is 8.31. The smallest absolute Gasteiger partial charge is 0.0929 e. The van der Waals surface area contributed by atoms with Gasteiger partial charge in [0.2, 0.25) is 0 Å². The van der Waals surface area contributed by atoms with Gasteiger partial charge in [0.05, 0.1) is 11.4 Å². The molecule has 0 saturated carbocycles. The third-order valence-electron chi connectivity index (χ3n) is 3.36. The maximum absolute atomic E-state index is 4.21. The van der Waals surface area contributed by atoms with Gasteiger partial charge in [0.15, 0.2) is 0 Å². The van der Waals surface area contributed by atoms with Gasteiger partial charge in [-0.25, -0.2) is 0 Å². The number of hydrogen-bond acceptors (Lipinski definition) is 2. The molecule has 1 heterocycles. The number of hydrogen-bond donors (Lipinski definition) is 0. The molecular formula is C18H16N2. The molecule has 0 atom stereocenters. The molecule has 0 aliphatic carbocycles. The summed E-state index contributed by atoms with van der Waals surface area (Å²) in [4.78, 5) is 0. The Bertz CT molecular complexity index is 631. The quantitative estimate of drug-likeness (QED) is 0.681. The van der Waals surface area contributed by atoms with E-state index >= 15 is 0 Å². The minimum Gasteiger partial charge on any atom is -0.155 e. The first-order chi connectivity index (χ1) is 9.72. The molecule has 0 fully saturated rings. The molecule has 0 bridgehead atoms. The Morgan fingerprint density at radius 2 is 1.10 bits per heavy atom. The van der Waals surface area contributed by atoms with Crippen molar-refractivity contribution in [2.75, 3.05) is 0 Å². The van der Waals surface area contributed by atoms with Crippen molar-refractivity contribution in [1.29, 1.82) is 0 Å². The summed E-state index contributed by atoms with van der Waals surface area (Å²) in [5.74, 6) is 0. The van der Waals surface area contributed by atoms with E-state index in [9.17, 15) is 0 Å². The third-order valence-corrected chi connectivity index (χ3v) is 3.36. The van der Waals surface area contributed by atoms with Gasteiger partial charge in [-0.2, -0.15) is 10.2 Å². The Balaban J connectivity index is 1.91. The van der Waals surface area contributed by atoms with Crippen LogP contribution in [0, 0.1) is 13.8 Å². The zero-order valence-corrected chi connectivity index (χ0v) is 11.7. The predicted molar refractivity (Wildman–Crippen MR) is 82.4 cm³/mol. The molecule has 2 aromatic carbocycles. The molecule has 0 aliphatic heterocycles. The van der Waals surface area contributed by atoms with Crippen LogP contribution in [0.3, 0.4) is 0 Å². The highest BCUT2D eigenvalue weighted by Crippen LogP contribution is 2.23. The van der Waals surface area contributed by atoms with E-state index in [2.05, 4.69) is 65.7 Å². The third kappa shape index (κ3) is 2.59. The highest BCUT2D eigenvalue weighted by Gasteiger charge is 2.01. The van der Waals surface area contributed by atoms with Crippen molar-refractivity contribution in [3.8, 4) is 22.4 Å². The topological polar surface area (TPSA) is 25.8 Å². The monoisotopic (exact) mass is 260 g/mol. The van der Waals surface area contributed by atoms with Crippen LogP contribution in [0.5, 0.6) is 0 Å². The van der Waals surface area contributed by atoms with E-state index in [1.54, 1.807) is 0 Å². The standard InChI is InChI=1S/C18H16N2/c1-13-3-6-15(7-4-13)16-8-10-17(11-9-16)18-12-5-14(2)19-20-18/h3-12H,1-2H3. The van der Waals surface area contributed by atoms with Gasteiger partial charge in [-0.05, 0) is 37.1 Å². The van der Waals surface area contributed by atoms with E-state index in [-0.39, 0.29) is 0 Å². The van der Waals surface area contributed by atoms with Crippen LogP contribution in [-0.4, -0.2) is 10.2 Å². The van der Waals surface area contributed by atoms with Gasteiger partial charge in [0.25, 0.3) is 0 Å². The van der Waals surface area contributed by atoms with Crippen molar-refractivity contribution in [2.45, 2.75) is 13.8 Å². The SMILES string of the molecule is Cc1ccc(-c2ccc(-c3ccc(C)nn3)cc2)cc1. The molecule has 1 aromatic heterocycles. The predicted octanol–water partition coefficient (Wildman–Crippen LogP) is 4.43. The van der Waals surface area contributed by atoms with Gasteiger partial charge in [-0.3, -0.25) is 0 Å². The van der Waals surface area contributed by atoms with E-state index < -0.39 is 0 Å². The first-order valence-corrected chi connectivity index (χ1v) is 6.70. The van der Waals surface area contributed by atoms with Crippen molar-refractivity contribution in [3.05, 3.63) is 71.9 Å². The second kappa shape index (κ2) is 5.25. The van der Waals surface area contributed by atoms with E-state index in [4.69, 9.17) is 0 Å². The van der Waals surface area contributed by atoms with Gasteiger partial charge in [0, 0.05) is 5.56 Å². The lowest BCUT2D eigenvalue weighted by Gasteiger charge is -2.04. The summed E-state index contributed by atoms with van der Waals surface area (Å²) in [6, 6.07) is 21.0. The molecule has 3 aromatic rings. The number of nitrogens with zero attached hydrogens (tertiary/aromatic N) is 2. The molecule has 0 saturated heterocycles. The second-order valence-electron chi connectivity index (χ2n) is 5.00. The molecule has 0 aliphatic rings. The average molecular weight is 260 g/mol. The number of aromatic nitrogens is 2. The number of aryl methyl sites for hydroxylation is 2. The van der Waals surface area contributed by atoms with Crippen molar-refractivity contribution in [3.63, 3.8) is 0 Å². The fourth-order valence-electron chi connectivity index (χ4n) is 2.13. The van der Waals surface area contributed by atoms with Gasteiger partial charge in [0.1, 0.15) is 0 Å². The lowest BCUT2D eigenvalue weighted by molar-refractivity contribution is 0.987. The van der Waals surface area contributed by atoms with E-state index in [0.717, 1.165) is 17.0 Å². The van der Waals surface area contributed by atoms with Crippen LogP contribution in [-0.2, 0) is 0 Å². The summed E-state index contributed by atoms with van der Waals surface area (Å²) in [7, 11) is 0. The van der Waals surface area contributed by atoms with Crippen molar-refractivity contribution in [1.82, 2.24) is 10.2 Å². The van der Waals surface area contributed by atoms with Crippen LogP contribution in [0.2, 0.25) is 0 Å². The largest absolute Gasteiger partial charge is 0.155 e. The highest BCUT2D eigenvalue weighted by molar-refractivity contribution is 5.68. The molecule has 2 heteroatoms. The first kappa shape index (κ1) is 12.5. The summed E-state index contributed by atoms with van der Waals surface area (Å²) < 4.78 is 0. The number of benzene rings is 2. The summed E-state index contributed by atoms with van der Waals surface area (Å²) in [6.07, 6.45) is 0. The molecule has 3 rings (SSSR count). The Morgan fingerprint density at radius 3 is 1.65 bits per heavy atom. The van der Waals surface area contributed by atoms with E-state index in [1.807, 2.05) is 19.1 Å². The summed E-state index contributed by atoms with van der Waals surface area (Å²) >= 11 is 0. The number of rotatable bonds is 2. The van der Waals surface area contributed by atoms with Crippen molar-refractivity contribution < 1.29 is 0 Å². The normalized spacial score (nSPS) is 10.5. The average Bonchev–Trinajstić information content (AvgIpc) is 2.49. The van der Waals surface area contributed by atoms with Crippen molar-refractivity contribution in [2.24, 2.45) is 0 Å². The molecule has 20 heavy (non-hydrogen) atoms. The maximum atomic E-state index is 4.21. The Kier molecular flexibility index (Phi) is 3.30. The van der Waals surface area contributed by atoms with Crippen LogP contribution in [0.1, 0.15) is 11.3 Å². The Morgan fingerprint density at radius 1 is 0.550 bits per heavy atom. The van der Waals surface area contributed by atoms with E-state index in [0.29, 0.717) is 0 Å². The fraction of sp³-hybridized carbons (Fsp3) is 0.111. The molecule has 98 valence electrons. The van der Waals surface area contributed by atoms with Crippen LogP contribution < -0.4 is 0 Å². The van der Waals surface area contributed by atoms with Crippen LogP contribution in [0.15, 0.2) is 60.7 Å². The summed E-state index contributed by atoms with van der Waals surface area (Å²) in [6.45, 7) is 4.04. The molecule has 0 radical (unpaired) electrons. The zero-order valence-electron chi connectivity index (χ0n) is 11.7. The molecule has 0 amide bonds. The second-order valence-corrected chi connectivity index (χ2v) is 5.00. The highest BCUT2D eigenvalue weighted by atomic mass is 15.1. The maximum Gasteiger partial charge on any atom is 0.0929 e. The van der Waals surface area contributed by atoms with Gasteiger partial charge in [-0.15, -0.1) is 0 Å². The van der Waals surface area contributed by atoms with Gasteiger partial charge < -0.3 is 0 Å². The minimum absolute atomic E-state index is 0.908. The first-order valence-electron chi connectivity index (χ1n) is 6.70. The van der Waals surface area contributed by atoms with Crippen LogP contribution >= 0.6 is 0 Å². The lowest BCUT2D eigenvalue weighted by Crippen LogP contribution is -1.89. The van der Waals surface area contributed by atoms with E-state index in [1.165, 1.54) is 16.7 Å². The Labute approximate surface area is 119 Å². The van der Waals surface area contributed by atoms with Gasteiger partial charge >= 0.3 is 0 Å². The molecular weight excluding hydrogens is 244 g/mol. The molecule has 2 nitrogen and oxygen atoms in total. The minimum atomic E-state index is 0.908. The van der Waals surface area contributed by atoms with Crippen molar-refractivity contribution >= 4 is 0 Å². The lowest BCUT2D eigenvalue weighted by atomic mass is 10.0. The van der Waals surface area contributed by atoms with Crippen LogP contribution in [0.25, 0.3) is 22.4 Å². The zero-order chi connectivity index (χ0) is 13.9.